The maximum Gasteiger partial charge on any atom is 0.239 e. The molecule has 0 bridgehead atoms. The Morgan fingerprint density at radius 2 is 1.81 bits per heavy atom. The van der Waals surface area contributed by atoms with Crippen LogP contribution >= 0.6 is 0 Å². The van der Waals surface area contributed by atoms with Crippen LogP contribution in [0.1, 0.15) is 12.6 Å². The van der Waals surface area contributed by atoms with Gasteiger partial charge in [-0.1, -0.05) is 0 Å². The highest BCUT2D eigenvalue weighted by Gasteiger charge is 2.21. The summed E-state index contributed by atoms with van der Waals surface area (Å²) < 4.78 is 14.7. The van der Waals surface area contributed by atoms with E-state index in [4.69, 9.17) is 0 Å². The molecular weight excluding hydrogens is 337 g/mol. The first-order valence-electron chi connectivity index (χ1n) is 8.53. The van der Waals surface area contributed by atoms with Crippen molar-refractivity contribution in [2.24, 2.45) is 0 Å². The lowest BCUT2D eigenvalue weighted by atomic mass is 10.3. The summed E-state index contributed by atoms with van der Waals surface area (Å²) >= 11 is 0. The van der Waals surface area contributed by atoms with Gasteiger partial charge >= 0.3 is 0 Å². The zero-order valence-corrected chi connectivity index (χ0v) is 14.9. The molecule has 0 saturated carbocycles. The Bertz CT molecular complexity index is 794. The van der Waals surface area contributed by atoms with Crippen molar-refractivity contribution < 1.29 is 14.0 Å². The van der Waals surface area contributed by atoms with Crippen molar-refractivity contribution in [3.8, 4) is 5.69 Å². The first-order valence-corrected chi connectivity index (χ1v) is 8.53. The number of nitrogens with zero attached hydrogens (tertiary/aromatic N) is 4. The molecule has 138 valence electrons. The van der Waals surface area contributed by atoms with Crippen LogP contribution in [0, 0.1) is 12.7 Å². The molecule has 0 radical (unpaired) electrons. The molecule has 1 saturated heterocycles. The van der Waals surface area contributed by atoms with Gasteiger partial charge in [0.2, 0.25) is 11.8 Å². The Labute approximate surface area is 151 Å². The molecule has 0 unspecified atom stereocenters. The molecule has 1 aromatic carbocycles. The summed E-state index contributed by atoms with van der Waals surface area (Å²) in [5.41, 5.74) is 1.42. The predicted molar refractivity (Wildman–Crippen MR) is 95.6 cm³/mol. The van der Waals surface area contributed by atoms with Crippen LogP contribution in [-0.4, -0.2) is 64.1 Å². The van der Waals surface area contributed by atoms with E-state index in [1.807, 2.05) is 11.8 Å². The Morgan fingerprint density at radius 3 is 2.42 bits per heavy atom. The van der Waals surface area contributed by atoms with E-state index in [0.717, 1.165) is 5.69 Å². The van der Waals surface area contributed by atoms with Gasteiger partial charge in [-0.2, -0.15) is 5.10 Å². The summed E-state index contributed by atoms with van der Waals surface area (Å²) in [6.07, 6.45) is 0. The standard InChI is InChI=1S/C18H22FN5O2/c1-13-11-17(24(21-13)16-5-3-15(19)4-6-16)20-18(26)12-22-7-9-23(10-8-22)14(2)25/h3-6,11H,7-10,12H2,1-2H3,(H,20,26). The van der Waals surface area contributed by atoms with E-state index in [0.29, 0.717) is 37.7 Å². The predicted octanol–water partition coefficient (Wildman–Crippen LogP) is 1.42. The number of piperazine rings is 1. The highest BCUT2D eigenvalue weighted by atomic mass is 19.1. The maximum absolute atomic E-state index is 13.1. The maximum atomic E-state index is 13.1. The molecule has 0 spiro atoms. The molecule has 1 aliphatic rings. The number of benzene rings is 1. The second kappa shape index (κ2) is 7.65. The largest absolute Gasteiger partial charge is 0.340 e. The molecule has 2 amide bonds. The third-order valence-electron chi connectivity index (χ3n) is 4.36. The van der Waals surface area contributed by atoms with Crippen molar-refractivity contribution in [1.82, 2.24) is 19.6 Å². The molecule has 7 nitrogen and oxygen atoms in total. The van der Waals surface area contributed by atoms with E-state index in [-0.39, 0.29) is 24.2 Å². The van der Waals surface area contributed by atoms with E-state index < -0.39 is 0 Å². The summed E-state index contributed by atoms with van der Waals surface area (Å²) in [5.74, 6) is 0.131. The first kappa shape index (κ1) is 18.1. The summed E-state index contributed by atoms with van der Waals surface area (Å²) in [4.78, 5) is 27.6. The van der Waals surface area contributed by atoms with E-state index in [2.05, 4.69) is 10.4 Å². The molecule has 1 N–H and O–H groups in total. The van der Waals surface area contributed by atoms with Gasteiger partial charge in [-0.15, -0.1) is 0 Å². The van der Waals surface area contributed by atoms with Gasteiger partial charge in [-0.25, -0.2) is 9.07 Å². The van der Waals surface area contributed by atoms with Gasteiger partial charge in [0.1, 0.15) is 11.6 Å². The number of anilines is 1. The molecule has 26 heavy (non-hydrogen) atoms. The van der Waals surface area contributed by atoms with Crippen LogP contribution in [0.2, 0.25) is 0 Å². The lowest BCUT2D eigenvalue weighted by molar-refractivity contribution is -0.130. The number of carbonyl (C=O) groups excluding carboxylic acids is 2. The second-order valence-electron chi connectivity index (χ2n) is 6.39. The molecule has 2 heterocycles. The minimum Gasteiger partial charge on any atom is -0.340 e. The Balaban J connectivity index is 1.63. The van der Waals surface area contributed by atoms with Crippen LogP contribution in [0.3, 0.4) is 0 Å². The lowest BCUT2D eigenvalue weighted by Gasteiger charge is -2.33. The first-order chi connectivity index (χ1) is 12.4. The van der Waals surface area contributed by atoms with Crippen molar-refractivity contribution >= 4 is 17.6 Å². The number of hydrogen-bond donors (Lipinski definition) is 1. The second-order valence-corrected chi connectivity index (χ2v) is 6.39. The van der Waals surface area contributed by atoms with E-state index in [1.54, 1.807) is 34.7 Å². The number of rotatable bonds is 4. The van der Waals surface area contributed by atoms with Crippen LogP contribution in [0.15, 0.2) is 30.3 Å². The van der Waals surface area contributed by atoms with Gasteiger partial charge in [0.15, 0.2) is 0 Å². The molecule has 8 heteroatoms. The third kappa shape index (κ3) is 4.26. The summed E-state index contributed by atoms with van der Waals surface area (Å²) in [5, 5.41) is 7.23. The van der Waals surface area contributed by atoms with E-state index in [1.165, 1.54) is 12.1 Å². The van der Waals surface area contributed by atoms with Gasteiger partial charge in [0.05, 0.1) is 17.9 Å². The minimum absolute atomic E-state index is 0.0628. The zero-order valence-electron chi connectivity index (χ0n) is 14.9. The average Bonchev–Trinajstić information content (AvgIpc) is 2.96. The van der Waals surface area contributed by atoms with Crippen molar-refractivity contribution in [3.05, 3.63) is 41.8 Å². The number of amides is 2. The Morgan fingerprint density at radius 1 is 1.15 bits per heavy atom. The fraction of sp³-hybridized carbons (Fsp3) is 0.389. The van der Waals surface area contributed by atoms with Crippen molar-refractivity contribution in [2.75, 3.05) is 38.0 Å². The Kier molecular flexibility index (Phi) is 5.32. The fourth-order valence-electron chi connectivity index (χ4n) is 2.97. The normalized spacial score (nSPS) is 15.1. The fourth-order valence-corrected chi connectivity index (χ4v) is 2.97. The van der Waals surface area contributed by atoms with Crippen molar-refractivity contribution in [1.29, 1.82) is 0 Å². The summed E-state index contributed by atoms with van der Waals surface area (Å²) in [6.45, 7) is 6.24. The summed E-state index contributed by atoms with van der Waals surface area (Å²) in [6, 6.07) is 7.70. The van der Waals surface area contributed by atoms with Crippen LogP contribution in [0.4, 0.5) is 10.2 Å². The zero-order chi connectivity index (χ0) is 18.7. The number of carbonyl (C=O) groups is 2. The monoisotopic (exact) mass is 359 g/mol. The minimum atomic E-state index is -0.326. The van der Waals surface area contributed by atoms with Gasteiger partial charge < -0.3 is 10.2 Å². The van der Waals surface area contributed by atoms with Crippen molar-refractivity contribution in [2.45, 2.75) is 13.8 Å². The number of hydrogen-bond acceptors (Lipinski definition) is 4. The number of nitrogens with one attached hydrogen (secondary N) is 1. The SMILES string of the molecule is CC(=O)N1CCN(CC(=O)Nc2cc(C)nn2-c2ccc(F)cc2)CC1. The van der Waals surface area contributed by atoms with Crippen LogP contribution in [0.5, 0.6) is 0 Å². The molecule has 1 aliphatic heterocycles. The Hall–Kier alpha value is -2.74. The third-order valence-corrected chi connectivity index (χ3v) is 4.36. The smallest absolute Gasteiger partial charge is 0.239 e. The van der Waals surface area contributed by atoms with Gasteiger partial charge in [-0.3, -0.25) is 14.5 Å². The molecular formula is C18H22FN5O2. The van der Waals surface area contributed by atoms with E-state index in [9.17, 15) is 14.0 Å². The van der Waals surface area contributed by atoms with Gasteiger partial charge in [0, 0.05) is 39.2 Å². The topological polar surface area (TPSA) is 70.5 Å². The lowest BCUT2D eigenvalue weighted by Crippen LogP contribution is -2.49. The van der Waals surface area contributed by atoms with Crippen LogP contribution in [-0.2, 0) is 9.59 Å². The molecule has 2 aromatic rings. The number of aromatic nitrogens is 2. The number of halogens is 1. The quantitative estimate of drug-likeness (QED) is 0.896. The van der Waals surface area contributed by atoms with Crippen LogP contribution < -0.4 is 5.32 Å². The average molecular weight is 359 g/mol. The highest BCUT2D eigenvalue weighted by Crippen LogP contribution is 2.17. The molecule has 0 aliphatic carbocycles. The number of aryl methyl sites for hydroxylation is 1. The van der Waals surface area contributed by atoms with E-state index >= 15 is 0 Å². The molecule has 1 fully saturated rings. The van der Waals surface area contributed by atoms with Gasteiger partial charge in [-0.05, 0) is 31.2 Å². The summed E-state index contributed by atoms with van der Waals surface area (Å²) in [7, 11) is 0. The molecule has 0 atom stereocenters. The van der Waals surface area contributed by atoms with Crippen molar-refractivity contribution in [3.63, 3.8) is 0 Å². The van der Waals surface area contributed by atoms with Gasteiger partial charge in [0.25, 0.3) is 0 Å². The highest BCUT2D eigenvalue weighted by molar-refractivity contribution is 5.91. The molecule has 1 aromatic heterocycles. The van der Waals surface area contributed by atoms with Crippen LogP contribution in [0.25, 0.3) is 5.69 Å². The molecule has 3 rings (SSSR count).